The number of hydrogen-bond acceptors (Lipinski definition) is 2. The van der Waals surface area contributed by atoms with Gasteiger partial charge in [0.1, 0.15) is 0 Å². The van der Waals surface area contributed by atoms with E-state index in [2.05, 4.69) is 45.1 Å². The van der Waals surface area contributed by atoms with Crippen LogP contribution in [0.1, 0.15) is 24.8 Å². The van der Waals surface area contributed by atoms with Gasteiger partial charge in [-0.1, -0.05) is 40.5 Å². The van der Waals surface area contributed by atoms with Crippen molar-refractivity contribution in [3.05, 3.63) is 34.3 Å². The Labute approximate surface area is 134 Å². The third kappa shape index (κ3) is 3.09. The molecule has 2 N–H and O–H groups in total. The molecule has 114 valence electrons. The van der Waals surface area contributed by atoms with Gasteiger partial charge in [-0.15, -0.1) is 0 Å². The molecule has 4 nitrogen and oxygen atoms in total. The van der Waals surface area contributed by atoms with Crippen molar-refractivity contribution in [2.24, 2.45) is 10.7 Å². The molecule has 2 fully saturated rings. The van der Waals surface area contributed by atoms with Gasteiger partial charge in [-0.3, -0.25) is 4.99 Å². The van der Waals surface area contributed by atoms with Gasteiger partial charge in [0.15, 0.2) is 5.96 Å². The lowest BCUT2D eigenvalue weighted by Crippen LogP contribution is -2.46. The van der Waals surface area contributed by atoms with Crippen molar-refractivity contribution in [3.8, 4) is 0 Å². The van der Waals surface area contributed by atoms with Crippen molar-refractivity contribution in [3.63, 3.8) is 0 Å². The Hall–Kier alpha value is -1.07. The average Bonchev–Trinajstić information content (AvgIpc) is 2.48. The molecule has 0 amide bonds. The van der Waals surface area contributed by atoms with E-state index in [0.717, 1.165) is 32.8 Å². The van der Waals surface area contributed by atoms with Crippen LogP contribution in [0.5, 0.6) is 0 Å². The molecule has 0 spiro atoms. The second kappa shape index (κ2) is 6.36. The number of nitrogens with zero attached hydrogens (tertiary/aromatic N) is 2. The van der Waals surface area contributed by atoms with Gasteiger partial charge in [0, 0.05) is 23.0 Å². The monoisotopic (exact) mass is 351 g/mol. The minimum atomic E-state index is 0.164. The Kier molecular flexibility index (Phi) is 4.50. The van der Waals surface area contributed by atoms with E-state index in [9.17, 15) is 0 Å². The van der Waals surface area contributed by atoms with Crippen LogP contribution in [0.15, 0.2) is 33.7 Å². The van der Waals surface area contributed by atoms with E-state index < -0.39 is 0 Å². The Bertz CT molecular complexity index is 522. The van der Waals surface area contributed by atoms with Crippen molar-refractivity contribution in [1.82, 2.24) is 4.90 Å². The minimum absolute atomic E-state index is 0.164. The zero-order valence-corrected chi connectivity index (χ0v) is 13.8. The van der Waals surface area contributed by atoms with Crippen LogP contribution in [0, 0.1) is 0 Å². The van der Waals surface area contributed by atoms with Crippen LogP contribution in [0.2, 0.25) is 0 Å². The van der Waals surface area contributed by atoms with E-state index in [1.807, 2.05) is 0 Å². The molecule has 1 saturated heterocycles. The quantitative estimate of drug-likeness (QED) is 0.672. The van der Waals surface area contributed by atoms with Gasteiger partial charge in [-0.2, -0.15) is 0 Å². The van der Waals surface area contributed by atoms with Crippen LogP contribution < -0.4 is 5.73 Å². The largest absolute Gasteiger partial charge is 0.378 e. The first kappa shape index (κ1) is 14.9. The average molecular weight is 352 g/mol. The Morgan fingerprint density at radius 3 is 2.62 bits per heavy atom. The smallest absolute Gasteiger partial charge is 0.191 e. The molecular formula is C16H22BrN3O. The molecule has 21 heavy (non-hydrogen) atoms. The maximum absolute atomic E-state index is 6.16. The maximum Gasteiger partial charge on any atom is 0.191 e. The van der Waals surface area contributed by atoms with Crippen LogP contribution >= 0.6 is 15.9 Å². The summed E-state index contributed by atoms with van der Waals surface area (Å²) in [6, 6.07) is 8.49. The molecule has 3 rings (SSSR count). The molecular weight excluding hydrogens is 330 g/mol. The topological polar surface area (TPSA) is 50.8 Å². The van der Waals surface area contributed by atoms with Crippen molar-refractivity contribution in [2.75, 3.05) is 32.8 Å². The third-order valence-electron chi connectivity index (χ3n) is 4.63. The van der Waals surface area contributed by atoms with E-state index >= 15 is 0 Å². The lowest BCUT2D eigenvalue weighted by atomic mass is 9.64. The fourth-order valence-corrected chi connectivity index (χ4v) is 3.84. The standard InChI is InChI=1S/C16H22BrN3O/c17-14-5-2-1-4-13(14)16(6-3-7-16)12-19-15(18)20-8-10-21-11-9-20/h1-2,4-5H,3,6-12H2,(H2,18,19). The first-order chi connectivity index (χ1) is 10.2. The number of hydrogen-bond donors (Lipinski definition) is 1. The number of guanidine groups is 1. The second-order valence-corrected chi connectivity index (χ2v) is 6.74. The van der Waals surface area contributed by atoms with E-state index in [-0.39, 0.29) is 5.41 Å². The van der Waals surface area contributed by atoms with Crippen LogP contribution in [0.4, 0.5) is 0 Å². The maximum atomic E-state index is 6.16. The number of nitrogens with two attached hydrogens (primary N) is 1. The van der Waals surface area contributed by atoms with Gasteiger partial charge < -0.3 is 15.4 Å². The lowest BCUT2D eigenvalue weighted by molar-refractivity contribution is 0.0673. The molecule has 1 aliphatic heterocycles. The summed E-state index contributed by atoms with van der Waals surface area (Å²) in [4.78, 5) is 6.82. The summed E-state index contributed by atoms with van der Waals surface area (Å²) in [7, 11) is 0. The number of morpholine rings is 1. The molecule has 0 unspecified atom stereocenters. The fourth-order valence-electron chi connectivity index (χ4n) is 3.13. The van der Waals surface area contributed by atoms with Crippen molar-refractivity contribution < 1.29 is 4.74 Å². The minimum Gasteiger partial charge on any atom is -0.378 e. The zero-order valence-electron chi connectivity index (χ0n) is 12.2. The highest BCUT2D eigenvalue weighted by atomic mass is 79.9. The molecule has 0 bridgehead atoms. The number of aliphatic imine (C=N–C) groups is 1. The summed E-state index contributed by atoms with van der Waals surface area (Å²) < 4.78 is 6.54. The summed E-state index contributed by atoms with van der Waals surface area (Å²) >= 11 is 3.68. The van der Waals surface area contributed by atoms with Gasteiger partial charge in [0.05, 0.1) is 19.8 Å². The highest BCUT2D eigenvalue weighted by Gasteiger charge is 2.39. The second-order valence-electron chi connectivity index (χ2n) is 5.89. The van der Waals surface area contributed by atoms with E-state index in [1.165, 1.54) is 29.3 Å². The SMILES string of the molecule is NC(=NCC1(c2ccccc2Br)CCC1)N1CCOCC1. The molecule has 0 radical (unpaired) electrons. The Morgan fingerprint density at radius 2 is 2.00 bits per heavy atom. The van der Waals surface area contributed by atoms with Gasteiger partial charge in [-0.05, 0) is 24.5 Å². The summed E-state index contributed by atoms with van der Waals surface area (Å²) in [6.45, 7) is 3.95. The van der Waals surface area contributed by atoms with Crippen molar-refractivity contribution >= 4 is 21.9 Å². The van der Waals surface area contributed by atoms with Crippen LogP contribution in [0.25, 0.3) is 0 Å². The molecule has 1 saturated carbocycles. The molecule has 2 aliphatic rings. The number of benzene rings is 1. The van der Waals surface area contributed by atoms with Crippen LogP contribution in [-0.2, 0) is 10.2 Å². The van der Waals surface area contributed by atoms with E-state index in [0.29, 0.717) is 5.96 Å². The summed E-state index contributed by atoms with van der Waals surface area (Å²) in [5.41, 5.74) is 7.69. The van der Waals surface area contributed by atoms with Crippen LogP contribution in [-0.4, -0.2) is 43.7 Å². The Balaban J connectivity index is 1.74. The molecule has 1 aromatic rings. The number of rotatable bonds is 3. The lowest BCUT2D eigenvalue weighted by Gasteiger charge is -2.42. The van der Waals surface area contributed by atoms with E-state index in [1.54, 1.807) is 0 Å². The summed E-state index contributed by atoms with van der Waals surface area (Å²) in [6.07, 6.45) is 3.65. The highest BCUT2D eigenvalue weighted by Crippen LogP contribution is 2.46. The first-order valence-electron chi connectivity index (χ1n) is 7.59. The van der Waals surface area contributed by atoms with Crippen molar-refractivity contribution in [1.29, 1.82) is 0 Å². The van der Waals surface area contributed by atoms with Crippen molar-refractivity contribution in [2.45, 2.75) is 24.7 Å². The van der Waals surface area contributed by atoms with Gasteiger partial charge >= 0.3 is 0 Å². The summed E-state index contributed by atoms with van der Waals surface area (Å²) in [5, 5.41) is 0. The molecule has 0 atom stereocenters. The predicted octanol–water partition coefficient (Wildman–Crippen LogP) is 2.52. The molecule has 1 aromatic carbocycles. The zero-order chi connectivity index (χ0) is 14.7. The first-order valence-corrected chi connectivity index (χ1v) is 8.38. The van der Waals surface area contributed by atoms with Gasteiger partial charge in [0.2, 0.25) is 0 Å². The fraction of sp³-hybridized carbons (Fsp3) is 0.562. The van der Waals surface area contributed by atoms with Crippen LogP contribution in [0.3, 0.4) is 0 Å². The molecule has 0 aromatic heterocycles. The molecule has 5 heteroatoms. The predicted molar refractivity (Wildman–Crippen MR) is 88.6 cm³/mol. The van der Waals surface area contributed by atoms with Gasteiger partial charge in [0.25, 0.3) is 0 Å². The molecule has 1 aliphatic carbocycles. The highest BCUT2D eigenvalue weighted by molar-refractivity contribution is 9.10. The third-order valence-corrected chi connectivity index (χ3v) is 5.33. The van der Waals surface area contributed by atoms with Gasteiger partial charge in [-0.25, -0.2) is 0 Å². The normalized spacial score (nSPS) is 22.0. The molecule has 1 heterocycles. The van der Waals surface area contributed by atoms with E-state index in [4.69, 9.17) is 15.5 Å². The Morgan fingerprint density at radius 1 is 1.29 bits per heavy atom. The summed E-state index contributed by atoms with van der Waals surface area (Å²) in [5.74, 6) is 0.664. The number of halogens is 1. The number of ether oxygens (including phenoxy) is 1.